The smallest absolute Gasteiger partial charge is 0.169 e. The molecule has 0 aromatic heterocycles. The number of rotatable bonds is 1. The standard InChI is InChI=1S/C16H26O3/c1-10-6-5-7-12-8-16(13(17)15(10,12)3)11(2)9-19-14(16)18-4/h10,12-14,17H,2,5-9H2,1,3-4H3/t10-,12+,13-,14-,15+,16?/m1/s1. The number of methoxy groups -OCH3 is 1. The quantitative estimate of drug-likeness (QED) is 0.742. The van der Waals surface area contributed by atoms with Crippen LogP contribution >= 0.6 is 0 Å². The normalized spacial score (nSPS) is 53.8. The summed E-state index contributed by atoms with van der Waals surface area (Å²) in [5.41, 5.74) is 0.619. The van der Waals surface area contributed by atoms with E-state index in [-0.39, 0.29) is 17.1 Å². The molecule has 3 aliphatic rings. The zero-order chi connectivity index (χ0) is 13.8. The Morgan fingerprint density at radius 1 is 1.42 bits per heavy atom. The van der Waals surface area contributed by atoms with Crippen LogP contribution in [0.3, 0.4) is 0 Å². The zero-order valence-electron chi connectivity index (χ0n) is 12.3. The molecule has 108 valence electrons. The SMILES string of the molecule is C=C1CO[C@@H](OC)C12C[C@@H]1CCC[C@@H](C)[C@]1(C)[C@H]2O. The van der Waals surface area contributed by atoms with Gasteiger partial charge in [0.05, 0.1) is 18.1 Å². The summed E-state index contributed by atoms with van der Waals surface area (Å²) in [6.45, 7) is 9.26. The van der Waals surface area contributed by atoms with Gasteiger partial charge in [0.1, 0.15) is 0 Å². The predicted octanol–water partition coefficient (Wildman–Crippen LogP) is 2.74. The fraction of sp³-hybridized carbons (Fsp3) is 0.875. The molecule has 6 atom stereocenters. The van der Waals surface area contributed by atoms with Crippen LogP contribution in [-0.2, 0) is 9.47 Å². The second-order valence-corrected chi connectivity index (χ2v) is 7.02. The van der Waals surface area contributed by atoms with Crippen molar-refractivity contribution in [3.8, 4) is 0 Å². The molecule has 1 N–H and O–H groups in total. The van der Waals surface area contributed by atoms with Crippen LogP contribution in [0.25, 0.3) is 0 Å². The summed E-state index contributed by atoms with van der Waals surface area (Å²) in [4.78, 5) is 0. The van der Waals surface area contributed by atoms with Gasteiger partial charge in [0.15, 0.2) is 6.29 Å². The summed E-state index contributed by atoms with van der Waals surface area (Å²) in [6, 6.07) is 0. The Morgan fingerprint density at radius 3 is 2.79 bits per heavy atom. The van der Waals surface area contributed by atoms with Crippen molar-refractivity contribution in [2.75, 3.05) is 13.7 Å². The van der Waals surface area contributed by atoms with Gasteiger partial charge < -0.3 is 14.6 Å². The van der Waals surface area contributed by atoms with E-state index in [1.54, 1.807) is 7.11 Å². The molecular formula is C16H26O3. The number of hydrogen-bond donors (Lipinski definition) is 1. The number of hydrogen-bond acceptors (Lipinski definition) is 3. The average Bonchev–Trinajstić information content (AvgIpc) is 2.83. The Bertz CT molecular complexity index is 393. The van der Waals surface area contributed by atoms with Crippen LogP contribution in [-0.4, -0.2) is 31.2 Å². The van der Waals surface area contributed by atoms with Crippen molar-refractivity contribution in [3.63, 3.8) is 0 Å². The van der Waals surface area contributed by atoms with E-state index < -0.39 is 6.10 Å². The molecule has 2 aliphatic carbocycles. The van der Waals surface area contributed by atoms with Crippen molar-refractivity contribution < 1.29 is 14.6 Å². The van der Waals surface area contributed by atoms with Crippen LogP contribution in [0, 0.1) is 22.7 Å². The largest absolute Gasteiger partial charge is 0.391 e. The van der Waals surface area contributed by atoms with Gasteiger partial charge in [-0.15, -0.1) is 0 Å². The molecule has 1 aliphatic heterocycles. The van der Waals surface area contributed by atoms with Crippen LogP contribution in [0.4, 0.5) is 0 Å². The third-order valence-corrected chi connectivity index (χ3v) is 6.49. The molecule has 3 rings (SSSR count). The molecular weight excluding hydrogens is 240 g/mol. The van der Waals surface area contributed by atoms with E-state index in [4.69, 9.17) is 9.47 Å². The van der Waals surface area contributed by atoms with Gasteiger partial charge in [-0.3, -0.25) is 0 Å². The predicted molar refractivity (Wildman–Crippen MR) is 73.6 cm³/mol. The van der Waals surface area contributed by atoms with E-state index in [9.17, 15) is 5.11 Å². The van der Waals surface area contributed by atoms with Crippen LogP contribution in [0.1, 0.15) is 39.5 Å². The van der Waals surface area contributed by atoms with Crippen molar-refractivity contribution in [3.05, 3.63) is 12.2 Å². The number of aliphatic hydroxyl groups excluding tert-OH is 1. The lowest BCUT2D eigenvalue weighted by molar-refractivity contribution is -0.174. The van der Waals surface area contributed by atoms with Crippen molar-refractivity contribution in [1.29, 1.82) is 0 Å². The minimum atomic E-state index is -0.403. The molecule has 3 nitrogen and oxygen atoms in total. The summed E-state index contributed by atoms with van der Waals surface area (Å²) >= 11 is 0. The van der Waals surface area contributed by atoms with Crippen LogP contribution < -0.4 is 0 Å². The summed E-state index contributed by atoms with van der Waals surface area (Å²) < 4.78 is 11.3. The van der Waals surface area contributed by atoms with Gasteiger partial charge in [-0.2, -0.15) is 0 Å². The van der Waals surface area contributed by atoms with E-state index in [0.717, 1.165) is 12.0 Å². The molecule has 0 bridgehead atoms. The molecule has 19 heavy (non-hydrogen) atoms. The summed E-state index contributed by atoms with van der Waals surface area (Å²) in [7, 11) is 1.67. The maximum atomic E-state index is 11.2. The Kier molecular flexibility index (Phi) is 3.08. The highest BCUT2D eigenvalue weighted by Gasteiger charge is 2.67. The highest BCUT2D eigenvalue weighted by Crippen LogP contribution is 2.66. The van der Waals surface area contributed by atoms with Crippen LogP contribution in [0.2, 0.25) is 0 Å². The third-order valence-electron chi connectivity index (χ3n) is 6.49. The molecule has 0 aromatic rings. The van der Waals surface area contributed by atoms with Gasteiger partial charge in [0.25, 0.3) is 0 Å². The van der Waals surface area contributed by atoms with Crippen molar-refractivity contribution in [2.24, 2.45) is 22.7 Å². The molecule has 0 amide bonds. The molecule has 0 aromatic carbocycles. The highest BCUT2D eigenvalue weighted by atomic mass is 16.7. The lowest BCUT2D eigenvalue weighted by Gasteiger charge is -2.45. The second kappa shape index (κ2) is 4.31. The molecule has 0 radical (unpaired) electrons. The van der Waals surface area contributed by atoms with Gasteiger partial charge in [-0.1, -0.05) is 33.3 Å². The van der Waals surface area contributed by atoms with E-state index in [2.05, 4.69) is 20.4 Å². The highest BCUT2D eigenvalue weighted by molar-refractivity contribution is 5.27. The third kappa shape index (κ3) is 1.50. The maximum Gasteiger partial charge on any atom is 0.169 e. The number of ether oxygens (including phenoxy) is 2. The van der Waals surface area contributed by atoms with Gasteiger partial charge in [0, 0.05) is 7.11 Å². The molecule has 1 spiro atoms. The Balaban J connectivity index is 2.04. The van der Waals surface area contributed by atoms with Crippen LogP contribution in [0.5, 0.6) is 0 Å². The Morgan fingerprint density at radius 2 is 2.16 bits per heavy atom. The Hall–Kier alpha value is -0.380. The van der Waals surface area contributed by atoms with Crippen molar-refractivity contribution in [1.82, 2.24) is 0 Å². The Labute approximate surface area is 116 Å². The summed E-state index contributed by atoms with van der Waals surface area (Å²) in [5.74, 6) is 1.11. The topological polar surface area (TPSA) is 38.7 Å². The second-order valence-electron chi connectivity index (χ2n) is 7.02. The fourth-order valence-electron chi connectivity index (χ4n) is 5.05. The molecule has 1 saturated heterocycles. The minimum Gasteiger partial charge on any atom is -0.391 e. The van der Waals surface area contributed by atoms with Gasteiger partial charge in [-0.05, 0) is 35.7 Å². The van der Waals surface area contributed by atoms with Crippen molar-refractivity contribution >= 4 is 0 Å². The zero-order valence-corrected chi connectivity index (χ0v) is 12.3. The number of aliphatic hydroxyl groups is 1. The maximum absolute atomic E-state index is 11.2. The number of fused-ring (bicyclic) bond motifs is 1. The summed E-state index contributed by atoms with van der Waals surface area (Å²) in [6.07, 6.45) is 3.93. The van der Waals surface area contributed by atoms with Gasteiger partial charge >= 0.3 is 0 Å². The van der Waals surface area contributed by atoms with E-state index >= 15 is 0 Å². The van der Waals surface area contributed by atoms with Crippen molar-refractivity contribution in [2.45, 2.75) is 51.9 Å². The van der Waals surface area contributed by atoms with E-state index in [0.29, 0.717) is 18.4 Å². The fourth-order valence-corrected chi connectivity index (χ4v) is 5.05. The first kappa shape index (κ1) is 13.6. The molecule has 3 heteroatoms. The molecule has 1 unspecified atom stereocenters. The van der Waals surface area contributed by atoms with Crippen LogP contribution in [0.15, 0.2) is 12.2 Å². The average molecular weight is 266 g/mol. The van der Waals surface area contributed by atoms with Gasteiger partial charge in [0.2, 0.25) is 0 Å². The molecule has 1 heterocycles. The monoisotopic (exact) mass is 266 g/mol. The molecule has 2 saturated carbocycles. The first-order valence-electron chi connectivity index (χ1n) is 7.48. The van der Waals surface area contributed by atoms with E-state index in [1.807, 2.05) is 0 Å². The first-order valence-corrected chi connectivity index (χ1v) is 7.48. The summed E-state index contributed by atoms with van der Waals surface area (Å²) in [5, 5.41) is 11.2. The van der Waals surface area contributed by atoms with Gasteiger partial charge in [-0.25, -0.2) is 0 Å². The molecule has 3 fully saturated rings. The lowest BCUT2D eigenvalue weighted by Crippen LogP contribution is -2.49. The lowest BCUT2D eigenvalue weighted by atomic mass is 9.61. The van der Waals surface area contributed by atoms with E-state index in [1.165, 1.54) is 19.3 Å². The first-order chi connectivity index (χ1) is 8.97. The minimum absolute atomic E-state index is 0.0222.